The van der Waals surface area contributed by atoms with Gasteiger partial charge in [-0.25, -0.2) is 9.97 Å². The van der Waals surface area contributed by atoms with E-state index in [0.717, 1.165) is 29.1 Å². The number of pyridine rings is 1. The van der Waals surface area contributed by atoms with Crippen LogP contribution in [0.4, 0.5) is 0 Å². The molecule has 2 heterocycles. The van der Waals surface area contributed by atoms with Crippen LogP contribution in [-0.2, 0) is 12.3 Å². The summed E-state index contributed by atoms with van der Waals surface area (Å²) >= 11 is 6.04. The monoisotopic (exact) mass is 271 g/mol. The number of aromatic nitrogens is 3. The zero-order chi connectivity index (χ0) is 13.2. The van der Waals surface area contributed by atoms with Crippen molar-refractivity contribution in [3.05, 3.63) is 54.0 Å². The number of rotatable bonds is 3. The molecule has 3 nitrogen and oxygen atoms in total. The number of hydrogen-bond donors (Lipinski definition) is 0. The van der Waals surface area contributed by atoms with Gasteiger partial charge in [-0.2, -0.15) is 0 Å². The first-order valence-electron chi connectivity index (χ1n) is 6.31. The Morgan fingerprint density at radius 1 is 1.16 bits per heavy atom. The molecule has 0 aliphatic rings. The fraction of sp³-hybridized carbons (Fsp3) is 0.200. The van der Waals surface area contributed by atoms with Gasteiger partial charge in [0.1, 0.15) is 11.3 Å². The summed E-state index contributed by atoms with van der Waals surface area (Å²) in [4.78, 5) is 8.99. The van der Waals surface area contributed by atoms with Crippen molar-refractivity contribution in [1.29, 1.82) is 0 Å². The Morgan fingerprint density at radius 2 is 2.00 bits per heavy atom. The Labute approximate surface area is 116 Å². The van der Waals surface area contributed by atoms with Gasteiger partial charge in [0.2, 0.25) is 0 Å². The predicted octanol–water partition coefficient (Wildman–Crippen LogP) is 3.72. The Kier molecular flexibility index (Phi) is 3.22. The lowest BCUT2D eigenvalue weighted by Crippen LogP contribution is -2.03. The van der Waals surface area contributed by atoms with Crippen LogP contribution < -0.4 is 0 Å². The van der Waals surface area contributed by atoms with Crippen molar-refractivity contribution in [1.82, 2.24) is 14.5 Å². The van der Waals surface area contributed by atoms with Gasteiger partial charge in [0.15, 0.2) is 5.65 Å². The summed E-state index contributed by atoms with van der Waals surface area (Å²) in [5, 5.41) is 0. The van der Waals surface area contributed by atoms with E-state index in [4.69, 9.17) is 11.6 Å². The summed E-state index contributed by atoms with van der Waals surface area (Å²) in [6.45, 7) is 2.14. The molecule has 0 amide bonds. The van der Waals surface area contributed by atoms with Gasteiger partial charge in [0, 0.05) is 6.20 Å². The fourth-order valence-electron chi connectivity index (χ4n) is 2.33. The highest BCUT2D eigenvalue weighted by Gasteiger charge is 2.14. The van der Waals surface area contributed by atoms with Crippen molar-refractivity contribution in [3.63, 3.8) is 0 Å². The number of halogens is 1. The molecule has 0 fully saturated rings. The largest absolute Gasteiger partial charge is 0.279 e. The summed E-state index contributed by atoms with van der Waals surface area (Å²) in [6.07, 6.45) is 2.75. The molecule has 4 heteroatoms. The molecule has 1 aromatic carbocycles. The van der Waals surface area contributed by atoms with E-state index in [-0.39, 0.29) is 0 Å². The van der Waals surface area contributed by atoms with Crippen molar-refractivity contribution in [2.45, 2.75) is 19.2 Å². The highest BCUT2D eigenvalue weighted by Crippen LogP contribution is 2.23. The molecule has 0 saturated carbocycles. The maximum Gasteiger partial charge on any atom is 0.164 e. The van der Waals surface area contributed by atoms with Crippen LogP contribution in [-0.4, -0.2) is 14.5 Å². The van der Waals surface area contributed by atoms with Crippen LogP contribution in [0, 0.1) is 0 Å². The normalized spacial score (nSPS) is 11.1. The molecule has 0 N–H and O–H groups in total. The van der Waals surface area contributed by atoms with E-state index in [1.165, 1.54) is 5.56 Å². The zero-order valence-electron chi connectivity index (χ0n) is 10.7. The average molecular weight is 272 g/mol. The van der Waals surface area contributed by atoms with Crippen molar-refractivity contribution < 1.29 is 0 Å². The van der Waals surface area contributed by atoms with Gasteiger partial charge in [-0.05, 0) is 30.2 Å². The van der Waals surface area contributed by atoms with Crippen LogP contribution in [0.3, 0.4) is 0 Å². The van der Waals surface area contributed by atoms with Gasteiger partial charge >= 0.3 is 0 Å². The molecule has 0 radical (unpaired) electrons. The van der Waals surface area contributed by atoms with Crippen molar-refractivity contribution in [3.8, 4) is 5.69 Å². The highest BCUT2D eigenvalue weighted by molar-refractivity contribution is 6.16. The van der Waals surface area contributed by atoms with Crippen LogP contribution in [0.1, 0.15) is 18.3 Å². The molecular weight excluding hydrogens is 258 g/mol. The molecule has 0 spiro atoms. The van der Waals surface area contributed by atoms with E-state index in [9.17, 15) is 0 Å². The molecule has 0 unspecified atom stereocenters. The second-order valence-electron chi connectivity index (χ2n) is 4.33. The summed E-state index contributed by atoms with van der Waals surface area (Å²) in [5.74, 6) is 1.20. The minimum atomic E-state index is 0.369. The predicted molar refractivity (Wildman–Crippen MR) is 77.8 cm³/mol. The standard InChI is InChI=1S/C15H14ClN3/c1-2-11-6-3-4-8-13(11)19-14(10-16)18-12-7-5-9-17-15(12)19/h3-9H,2,10H2,1H3. The second-order valence-corrected chi connectivity index (χ2v) is 4.59. The minimum absolute atomic E-state index is 0.369. The Bertz CT molecular complexity index is 718. The Morgan fingerprint density at radius 3 is 2.79 bits per heavy atom. The van der Waals surface area contributed by atoms with E-state index in [0.29, 0.717) is 5.88 Å². The number of aryl methyl sites for hydroxylation is 1. The molecule has 0 atom stereocenters. The number of fused-ring (bicyclic) bond motifs is 1. The average Bonchev–Trinajstić information content (AvgIpc) is 2.85. The third-order valence-corrected chi connectivity index (χ3v) is 3.46. The lowest BCUT2D eigenvalue weighted by atomic mass is 10.1. The van der Waals surface area contributed by atoms with E-state index in [2.05, 4.69) is 39.7 Å². The van der Waals surface area contributed by atoms with Gasteiger partial charge in [-0.3, -0.25) is 4.57 Å². The van der Waals surface area contributed by atoms with Crippen LogP contribution in [0.2, 0.25) is 0 Å². The molecule has 0 bridgehead atoms. The van der Waals surface area contributed by atoms with Gasteiger partial charge in [0.25, 0.3) is 0 Å². The summed E-state index contributed by atoms with van der Waals surface area (Å²) in [6, 6.07) is 12.1. The lowest BCUT2D eigenvalue weighted by molar-refractivity contribution is 0.945. The maximum atomic E-state index is 6.04. The molecule has 3 rings (SSSR count). The lowest BCUT2D eigenvalue weighted by Gasteiger charge is -2.11. The van der Waals surface area contributed by atoms with E-state index >= 15 is 0 Å². The first-order chi connectivity index (χ1) is 9.35. The van der Waals surface area contributed by atoms with E-state index in [1.807, 2.05) is 18.2 Å². The molecular formula is C15H14ClN3. The van der Waals surface area contributed by atoms with Gasteiger partial charge < -0.3 is 0 Å². The smallest absolute Gasteiger partial charge is 0.164 e. The molecule has 3 aromatic rings. The summed E-state index contributed by atoms with van der Waals surface area (Å²) in [5.41, 5.74) is 4.11. The first-order valence-corrected chi connectivity index (χ1v) is 6.85. The van der Waals surface area contributed by atoms with Crippen molar-refractivity contribution in [2.75, 3.05) is 0 Å². The van der Waals surface area contributed by atoms with Crippen LogP contribution in [0.15, 0.2) is 42.6 Å². The molecule has 0 aliphatic carbocycles. The number of nitrogens with zero attached hydrogens (tertiary/aromatic N) is 3. The maximum absolute atomic E-state index is 6.04. The minimum Gasteiger partial charge on any atom is -0.279 e. The fourth-order valence-corrected chi connectivity index (χ4v) is 2.51. The molecule has 19 heavy (non-hydrogen) atoms. The van der Waals surface area contributed by atoms with Crippen LogP contribution >= 0.6 is 11.6 Å². The number of alkyl halides is 1. The highest BCUT2D eigenvalue weighted by atomic mass is 35.5. The number of para-hydroxylation sites is 1. The molecule has 0 saturated heterocycles. The van der Waals surface area contributed by atoms with Gasteiger partial charge in [-0.15, -0.1) is 11.6 Å². The van der Waals surface area contributed by atoms with Gasteiger partial charge in [-0.1, -0.05) is 25.1 Å². The van der Waals surface area contributed by atoms with Crippen LogP contribution in [0.25, 0.3) is 16.9 Å². The topological polar surface area (TPSA) is 30.7 Å². The van der Waals surface area contributed by atoms with Gasteiger partial charge in [0.05, 0.1) is 11.6 Å². The van der Waals surface area contributed by atoms with Crippen molar-refractivity contribution >= 4 is 22.8 Å². The Balaban J connectivity index is 2.34. The number of hydrogen-bond acceptors (Lipinski definition) is 2. The SMILES string of the molecule is CCc1ccccc1-n1c(CCl)nc2cccnc21. The number of benzene rings is 1. The summed E-state index contributed by atoms with van der Waals surface area (Å²) in [7, 11) is 0. The first kappa shape index (κ1) is 12.2. The third-order valence-electron chi connectivity index (χ3n) is 3.22. The molecule has 2 aromatic heterocycles. The van der Waals surface area contributed by atoms with Crippen LogP contribution in [0.5, 0.6) is 0 Å². The number of imidazole rings is 1. The quantitative estimate of drug-likeness (QED) is 0.680. The Hall–Kier alpha value is -1.87. The third kappa shape index (κ3) is 2.00. The second kappa shape index (κ2) is 5.02. The molecule has 96 valence electrons. The summed E-state index contributed by atoms with van der Waals surface area (Å²) < 4.78 is 2.06. The molecule has 0 aliphatic heterocycles. The zero-order valence-corrected chi connectivity index (χ0v) is 11.4. The van der Waals surface area contributed by atoms with E-state index < -0.39 is 0 Å². The van der Waals surface area contributed by atoms with E-state index in [1.54, 1.807) is 6.20 Å². The van der Waals surface area contributed by atoms with Crippen molar-refractivity contribution in [2.24, 2.45) is 0 Å².